The highest BCUT2D eigenvalue weighted by Crippen LogP contribution is 2.33. The summed E-state index contributed by atoms with van der Waals surface area (Å²) in [5.41, 5.74) is 4.23. The Bertz CT molecular complexity index is 907. The molecule has 1 aromatic heterocycles. The summed E-state index contributed by atoms with van der Waals surface area (Å²) in [4.78, 5) is 6.86. The van der Waals surface area contributed by atoms with Gasteiger partial charge >= 0.3 is 0 Å². The van der Waals surface area contributed by atoms with E-state index in [0.29, 0.717) is 0 Å². The number of nitrogens with zero attached hydrogens (tertiary/aromatic N) is 2. The van der Waals surface area contributed by atoms with Gasteiger partial charge in [0, 0.05) is 58.3 Å². The minimum atomic E-state index is 0.867. The van der Waals surface area contributed by atoms with Gasteiger partial charge < -0.3 is 15.0 Å². The second kappa shape index (κ2) is 6.92. The Morgan fingerprint density at radius 3 is 2.72 bits per heavy atom. The predicted octanol–water partition coefficient (Wildman–Crippen LogP) is 5.35. The number of rotatable bonds is 4. The molecule has 25 heavy (non-hydrogen) atoms. The smallest absolute Gasteiger partial charge is 0.123 e. The fourth-order valence-electron chi connectivity index (χ4n) is 3.31. The Morgan fingerprint density at radius 1 is 1.08 bits per heavy atom. The normalized spacial score (nSPS) is 14.1. The lowest BCUT2D eigenvalue weighted by atomic mass is 10.1. The van der Waals surface area contributed by atoms with E-state index >= 15 is 0 Å². The third kappa shape index (κ3) is 3.42. The molecule has 0 atom stereocenters. The number of fused-ring (bicyclic) bond motifs is 1. The predicted molar refractivity (Wildman–Crippen MR) is 107 cm³/mol. The van der Waals surface area contributed by atoms with E-state index in [-0.39, 0.29) is 0 Å². The van der Waals surface area contributed by atoms with Crippen LogP contribution in [0.15, 0.2) is 53.1 Å². The standard InChI is InChI=1S/C20H20BrN3O/c1-25-17-12-15(11-16(13-17)24-8-2-3-9-24)23-20-6-7-22-19-5-4-14(21)10-18(19)20/h4-7,10-13H,2-3,8-9H2,1H3,(H,22,23). The van der Waals surface area contributed by atoms with Crippen LogP contribution in [0.5, 0.6) is 5.75 Å². The van der Waals surface area contributed by atoms with Crippen LogP contribution in [0.4, 0.5) is 17.1 Å². The van der Waals surface area contributed by atoms with Crippen LogP contribution >= 0.6 is 15.9 Å². The number of hydrogen-bond donors (Lipinski definition) is 1. The van der Waals surface area contributed by atoms with Crippen molar-refractivity contribution in [3.63, 3.8) is 0 Å². The van der Waals surface area contributed by atoms with Crippen LogP contribution in [-0.2, 0) is 0 Å². The fraction of sp³-hybridized carbons (Fsp3) is 0.250. The molecule has 0 spiro atoms. The van der Waals surface area contributed by atoms with Crippen LogP contribution in [0.3, 0.4) is 0 Å². The van der Waals surface area contributed by atoms with Crippen molar-refractivity contribution in [2.24, 2.45) is 0 Å². The van der Waals surface area contributed by atoms with Crippen LogP contribution in [0, 0.1) is 0 Å². The first-order chi connectivity index (χ1) is 12.2. The number of anilines is 3. The Balaban J connectivity index is 1.73. The lowest BCUT2D eigenvalue weighted by molar-refractivity contribution is 0.415. The van der Waals surface area contributed by atoms with E-state index in [1.54, 1.807) is 7.11 Å². The summed E-state index contributed by atoms with van der Waals surface area (Å²) < 4.78 is 6.55. The number of pyridine rings is 1. The summed E-state index contributed by atoms with van der Waals surface area (Å²) in [5.74, 6) is 0.867. The molecule has 4 rings (SSSR count). The molecule has 1 N–H and O–H groups in total. The topological polar surface area (TPSA) is 37.4 Å². The second-order valence-corrected chi connectivity index (χ2v) is 7.17. The SMILES string of the molecule is COc1cc(Nc2ccnc3ccc(Br)cc23)cc(N2CCCC2)c1. The maximum atomic E-state index is 5.51. The van der Waals surface area contributed by atoms with E-state index in [9.17, 15) is 0 Å². The fourth-order valence-corrected chi connectivity index (χ4v) is 3.68. The van der Waals surface area contributed by atoms with Gasteiger partial charge in [0.25, 0.3) is 0 Å². The number of halogens is 1. The molecule has 0 radical (unpaired) electrons. The zero-order valence-corrected chi connectivity index (χ0v) is 15.7. The first-order valence-corrected chi connectivity index (χ1v) is 9.27. The third-order valence-electron chi connectivity index (χ3n) is 4.58. The molecule has 0 aliphatic carbocycles. The first kappa shape index (κ1) is 16.2. The quantitative estimate of drug-likeness (QED) is 0.643. The van der Waals surface area contributed by atoms with E-state index in [1.807, 2.05) is 30.5 Å². The van der Waals surface area contributed by atoms with Crippen molar-refractivity contribution in [3.05, 3.63) is 53.1 Å². The second-order valence-electron chi connectivity index (χ2n) is 6.26. The lowest BCUT2D eigenvalue weighted by Gasteiger charge is -2.20. The summed E-state index contributed by atoms with van der Waals surface area (Å²) in [6.45, 7) is 2.22. The van der Waals surface area contributed by atoms with Gasteiger partial charge in [0.15, 0.2) is 0 Å². The molecule has 5 heteroatoms. The van der Waals surface area contributed by atoms with Crippen molar-refractivity contribution in [2.45, 2.75) is 12.8 Å². The van der Waals surface area contributed by atoms with Gasteiger partial charge in [-0.1, -0.05) is 15.9 Å². The van der Waals surface area contributed by atoms with Crippen molar-refractivity contribution in [1.29, 1.82) is 0 Å². The van der Waals surface area contributed by atoms with Crippen LogP contribution in [0.2, 0.25) is 0 Å². The van der Waals surface area contributed by atoms with E-state index in [0.717, 1.165) is 45.6 Å². The van der Waals surface area contributed by atoms with Crippen molar-refractivity contribution in [2.75, 3.05) is 30.4 Å². The molecule has 3 aromatic rings. The van der Waals surface area contributed by atoms with Gasteiger partial charge in [-0.25, -0.2) is 0 Å². The minimum absolute atomic E-state index is 0.867. The van der Waals surface area contributed by atoms with Gasteiger partial charge in [0.2, 0.25) is 0 Å². The van der Waals surface area contributed by atoms with Crippen molar-refractivity contribution < 1.29 is 4.74 Å². The summed E-state index contributed by atoms with van der Waals surface area (Å²) >= 11 is 3.55. The molecule has 2 aromatic carbocycles. The van der Waals surface area contributed by atoms with E-state index in [2.05, 4.69) is 49.3 Å². The highest BCUT2D eigenvalue weighted by atomic mass is 79.9. The molecule has 1 aliphatic heterocycles. The van der Waals surface area contributed by atoms with Crippen molar-refractivity contribution in [1.82, 2.24) is 4.98 Å². The molecule has 0 bridgehead atoms. The Hall–Kier alpha value is -2.27. The van der Waals surface area contributed by atoms with Gasteiger partial charge in [-0.2, -0.15) is 0 Å². The van der Waals surface area contributed by atoms with Gasteiger partial charge in [0.1, 0.15) is 5.75 Å². The number of nitrogens with one attached hydrogen (secondary N) is 1. The van der Waals surface area contributed by atoms with E-state index < -0.39 is 0 Å². The van der Waals surface area contributed by atoms with Crippen LogP contribution in [-0.4, -0.2) is 25.2 Å². The average Bonchev–Trinajstić information content (AvgIpc) is 3.17. The lowest BCUT2D eigenvalue weighted by Crippen LogP contribution is -2.17. The highest BCUT2D eigenvalue weighted by Gasteiger charge is 2.14. The van der Waals surface area contributed by atoms with Crippen LogP contribution in [0.25, 0.3) is 10.9 Å². The Labute approximate surface area is 155 Å². The number of aromatic nitrogens is 1. The monoisotopic (exact) mass is 397 g/mol. The number of benzene rings is 2. The summed E-state index contributed by atoms with van der Waals surface area (Å²) in [7, 11) is 1.71. The molecule has 1 fully saturated rings. The summed E-state index contributed by atoms with van der Waals surface area (Å²) in [6, 6.07) is 14.5. The molecular formula is C20H20BrN3O. The number of hydrogen-bond acceptors (Lipinski definition) is 4. The maximum absolute atomic E-state index is 5.51. The van der Waals surface area contributed by atoms with Gasteiger partial charge in [0.05, 0.1) is 12.6 Å². The molecule has 2 heterocycles. The molecular weight excluding hydrogens is 378 g/mol. The largest absolute Gasteiger partial charge is 0.497 e. The van der Waals surface area contributed by atoms with Gasteiger partial charge in [-0.05, 0) is 43.2 Å². The Kier molecular flexibility index (Phi) is 4.49. The molecule has 1 saturated heterocycles. The van der Waals surface area contributed by atoms with Crippen LogP contribution < -0.4 is 15.0 Å². The van der Waals surface area contributed by atoms with E-state index in [1.165, 1.54) is 18.5 Å². The third-order valence-corrected chi connectivity index (χ3v) is 5.07. The van der Waals surface area contributed by atoms with Crippen molar-refractivity contribution in [3.8, 4) is 5.75 Å². The van der Waals surface area contributed by atoms with Gasteiger partial charge in [-0.3, -0.25) is 4.98 Å². The first-order valence-electron chi connectivity index (χ1n) is 8.48. The van der Waals surface area contributed by atoms with E-state index in [4.69, 9.17) is 4.74 Å². The summed E-state index contributed by atoms with van der Waals surface area (Å²) in [5, 5.41) is 4.63. The van der Waals surface area contributed by atoms with Crippen molar-refractivity contribution >= 4 is 43.9 Å². The molecule has 1 aliphatic rings. The van der Waals surface area contributed by atoms with Gasteiger partial charge in [-0.15, -0.1) is 0 Å². The number of methoxy groups -OCH3 is 1. The number of ether oxygens (including phenoxy) is 1. The molecule has 4 nitrogen and oxygen atoms in total. The molecule has 0 unspecified atom stereocenters. The minimum Gasteiger partial charge on any atom is -0.497 e. The zero-order chi connectivity index (χ0) is 17.2. The highest BCUT2D eigenvalue weighted by molar-refractivity contribution is 9.10. The molecule has 0 saturated carbocycles. The molecule has 128 valence electrons. The zero-order valence-electron chi connectivity index (χ0n) is 14.1. The maximum Gasteiger partial charge on any atom is 0.123 e. The van der Waals surface area contributed by atoms with Crippen LogP contribution in [0.1, 0.15) is 12.8 Å². The Morgan fingerprint density at radius 2 is 1.92 bits per heavy atom. The summed E-state index contributed by atoms with van der Waals surface area (Å²) in [6.07, 6.45) is 4.34. The molecule has 0 amide bonds. The average molecular weight is 398 g/mol.